The highest BCUT2D eigenvalue weighted by Gasteiger charge is 2.31. The van der Waals surface area contributed by atoms with Gasteiger partial charge < -0.3 is 10.1 Å². The molecule has 142 valence electrons. The van der Waals surface area contributed by atoms with E-state index in [0.29, 0.717) is 30.0 Å². The number of nitrogens with one attached hydrogen (secondary N) is 1. The molecule has 1 saturated carbocycles. The van der Waals surface area contributed by atoms with Crippen LogP contribution in [0.15, 0.2) is 24.7 Å². The van der Waals surface area contributed by atoms with Crippen LogP contribution in [0.3, 0.4) is 0 Å². The van der Waals surface area contributed by atoms with Gasteiger partial charge in [0.2, 0.25) is 5.69 Å². The number of carboxylic acid groups (broad SMARTS) is 1. The molecule has 4 rings (SSSR count). The van der Waals surface area contributed by atoms with Crippen LogP contribution in [0.5, 0.6) is 0 Å². The fraction of sp³-hybridized carbons (Fsp3) is 0.381. The standard InChI is InChI=1S/C21H21N5O2/c1-12-7-15-16(10-25-20(15)24-9-12)19-17(22-2)11-23-18(26-19)8-13-5-3-4-6-14(13)21(27)28/h7,9-11,13-14H,3-6,8H2,1H3,(H,24,25)(H,27,28)/t13?,14-/m0/s1. The predicted octanol–water partition coefficient (Wildman–Crippen LogP) is 4.31. The lowest BCUT2D eigenvalue weighted by Crippen LogP contribution is -2.29. The van der Waals surface area contributed by atoms with Gasteiger partial charge in [-0.1, -0.05) is 12.8 Å². The maximum absolute atomic E-state index is 11.6. The summed E-state index contributed by atoms with van der Waals surface area (Å²) in [6, 6.07) is 2.02. The van der Waals surface area contributed by atoms with Crippen molar-refractivity contribution in [3.8, 4) is 11.3 Å². The summed E-state index contributed by atoms with van der Waals surface area (Å²) in [7, 11) is 0. The van der Waals surface area contributed by atoms with Gasteiger partial charge in [0.1, 0.15) is 11.5 Å². The minimum absolute atomic E-state index is 0.0322. The van der Waals surface area contributed by atoms with Gasteiger partial charge in [-0.3, -0.25) is 9.78 Å². The van der Waals surface area contributed by atoms with E-state index in [4.69, 9.17) is 6.57 Å². The highest BCUT2D eigenvalue weighted by molar-refractivity contribution is 5.96. The van der Waals surface area contributed by atoms with E-state index in [1.807, 2.05) is 19.2 Å². The Bertz CT molecular complexity index is 1080. The summed E-state index contributed by atoms with van der Waals surface area (Å²) in [5, 5.41) is 10.4. The maximum Gasteiger partial charge on any atom is 0.306 e. The normalized spacial score (nSPS) is 19.4. The first-order chi connectivity index (χ1) is 13.6. The van der Waals surface area contributed by atoms with Crippen molar-refractivity contribution < 1.29 is 9.90 Å². The van der Waals surface area contributed by atoms with Crippen LogP contribution >= 0.6 is 0 Å². The van der Waals surface area contributed by atoms with Crippen molar-refractivity contribution >= 4 is 22.7 Å². The molecule has 28 heavy (non-hydrogen) atoms. The van der Waals surface area contributed by atoms with Gasteiger partial charge in [-0.15, -0.1) is 0 Å². The second kappa shape index (κ2) is 7.39. The molecule has 1 aliphatic carbocycles. The van der Waals surface area contributed by atoms with E-state index in [9.17, 15) is 9.90 Å². The fourth-order valence-electron chi connectivity index (χ4n) is 4.11. The highest BCUT2D eigenvalue weighted by atomic mass is 16.4. The number of aromatic amines is 1. The van der Waals surface area contributed by atoms with Crippen LogP contribution in [0.1, 0.15) is 37.1 Å². The van der Waals surface area contributed by atoms with Crippen LogP contribution in [0, 0.1) is 25.3 Å². The number of H-pyrrole nitrogens is 1. The Hall–Kier alpha value is -3.27. The van der Waals surface area contributed by atoms with Gasteiger partial charge in [0.25, 0.3) is 0 Å². The number of aliphatic carboxylic acids is 1. The molecule has 0 bridgehead atoms. The molecule has 2 N–H and O–H groups in total. The molecule has 0 spiro atoms. The van der Waals surface area contributed by atoms with E-state index in [1.165, 1.54) is 0 Å². The lowest BCUT2D eigenvalue weighted by molar-refractivity contribution is -0.144. The Morgan fingerprint density at radius 1 is 1.32 bits per heavy atom. The molecule has 0 radical (unpaired) electrons. The summed E-state index contributed by atoms with van der Waals surface area (Å²) in [4.78, 5) is 31.8. The van der Waals surface area contributed by atoms with Crippen molar-refractivity contribution in [3.63, 3.8) is 0 Å². The number of nitrogens with zero attached hydrogens (tertiary/aromatic N) is 4. The van der Waals surface area contributed by atoms with Gasteiger partial charge in [0.15, 0.2) is 0 Å². The Morgan fingerprint density at radius 2 is 2.14 bits per heavy atom. The van der Waals surface area contributed by atoms with E-state index < -0.39 is 5.97 Å². The maximum atomic E-state index is 11.6. The molecule has 0 saturated heterocycles. The monoisotopic (exact) mass is 375 g/mol. The van der Waals surface area contributed by atoms with Crippen LogP contribution in [-0.4, -0.2) is 31.0 Å². The SMILES string of the molecule is [C-]#[N+]c1cnc(CC2CCCC[C@@H]2C(=O)O)nc1-c1c[nH]c2ncc(C)cc12. The van der Waals surface area contributed by atoms with E-state index in [-0.39, 0.29) is 11.8 Å². The van der Waals surface area contributed by atoms with Crippen molar-refractivity contribution in [1.29, 1.82) is 0 Å². The molecular weight excluding hydrogens is 354 g/mol. The smallest absolute Gasteiger partial charge is 0.306 e. The van der Waals surface area contributed by atoms with Crippen LogP contribution in [0.4, 0.5) is 5.69 Å². The first kappa shape index (κ1) is 18.1. The molecule has 1 unspecified atom stereocenters. The number of aryl methyl sites for hydroxylation is 1. The highest BCUT2D eigenvalue weighted by Crippen LogP contribution is 2.35. The predicted molar refractivity (Wildman–Crippen MR) is 105 cm³/mol. The third-order valence-electron chi connectivity index (χ3n) is 5.53. The summed E-state index contributed by atoms with van der Waals surface area (Å²) >= 11 is 0. The van der Waals surface area contributed by atoms with Gasteiger partial charge in [-0.25, -0.2) is 14.8 Å². The Balaban J connectivity index is 1.73. The lowest BCUT2D eigenvalue weighted by atomic mass is 9.77. The van der Waals surface area contributed by atoms with Crippen molar-refractivity contribution in [2.24, 2.45) is 11.8 Å². The lowest BCUT2D eigenvalue weighted by Gasteiger charge is -2.28. The number of carboxylic acids is 1. The van der Waals surface area contributed by atoms with Crippen LogP contribution in [-0.2, 0) is 11.2 Å². The van der Waals surface area contributed by atoms with Gasteiger partial charge in [0, 0.05) is 36.0 Å². The average Bonchev–Trinajstić information content (AvgIpc) is 3.11. The van der Waals surface area contributed by atoms with Crippen molar-refractivity contribution in [2.45, 2.75) is 39.0 Å². The quantitative estimate of drug-likeness (QED) is 0.662. The van der Waals surface area contributed by atoms with Crippen molar-refractivity contribution in [2.75, 3.05) is 0 Å². The van der Waals surface area contributed by atoms with Gasteiger partial charge >= 0.3 is 5.97 Å². The number of hydrogen-bond donors (Lipinski definition) is 2. The third-order valence-corrected chi connectivity index (χ3v) is 5.53. The number of fused-ring (bicyclic) bond motifs is 1. The minimum atomic E-state index is -0.735. The molecule has 3 aromatic rings. The second-order valence-electron chi connectivity index (χ2n) is 7.44. The summed E-state index contributed by atoms with van der Waals surface area (Å²) in [6.45, 7) is 9.46. The summed E-state index contributed by atoms with van der Waals surface area (Å²) in [5.74, 6) is -0.456. The molecule has 1 aliphatic rings. The molecular formula is C21H21N5O2. The zero-order valence-electron chi connectivity index (χ0n) is 15.6. The minimum Gasteiger partial charge on any atom is -0.481 e. The number of carbonyl (C=O) groups is 1. The largest absolute Gasteiger partial charge is 0.481 e. The summed E-state index contributed by atoms with van der Waals surface area (Å²) < 4.78 is 0. The number of aromatic nitrogens is 4. The average molecular weight is 375 g/mol. The van der Waals surface area contributed by atoms with Gasteiger partial charge in [0.05, 0.1) is 18.2 Å². The van der Waals surface area contributed by atoms with Crippen LogP contribution in [0.2, 0.25) is 0 Å². The molecule has 3 aromatic heterocycles. The Morgan fingerprint density at radius 3 is 2.93 bits per heavy atom. The Labute approximate surface area is 162 Å². The van der Waals surface area contributed by atoms with Crippen molar-refractivity contribution in [1.82, 2.24) is 19.9 Å². The number of rotatable bonds is 4. The molecule has 7 heteroatoms. The molecule has 0 aromatic carbocycles. The van der Waals surface area contributed by atoms with Gasteiger partial charge in [-0.05, 0) is 37.3 Å². The van der Waals surface area contributed by atoms with Crippen molar-refractivity contribution in [3.05, 3.63) is 47.5 Å². The van der Waals surface area contributed by atoms with E-state index in [1.54, 1.807) is 12.4 Å². The van der Waals surface area contributed by atoms with Crippen LogP contribution < -0.4 is 0 Å². The first-order valence-electron chi connectivity index (χ1n) is 9.47. The number of pyridine rings is 1. The van der Waals surface area contributed by atoms with Gasteiger partial charge in [-0.2, -0.15) is 0 Å². The fourth-order valence-corrected chi connectivity index (χ4v) is 4.11. The summed E-state index contributed by atoms with van der Waals surface area (Å²) in [5.41, 5.74) is 3.54. The topological polar surface area (TPSA) is 96.1 Å². The van der Waals surface area contributed by atoms with E-state index in [0.717, 1.165) is 41.4 Å². The first-order valence-corrected chi connectivity index (χ1v) is 9.47. The zero-order valence-corrected chi connectivity index (χ0v) is 15.6. The van der Waals surface area contributed by atoms with Crippen LogP contribution in [0.25, 0.3) is 27.1 Å². The van der Waals surface area contributed by atoms with E-state index >= 15 is 0 Å². The molecule has 0 aliphatic heterocycles. The molecule has 7 nitrogen and oxygen atoms in total. The third kappa shape index (κ3) is 3.33. The summed E-state index contributed by atoms with van der Waals surface area (Å²) in [6.07, 6.45) is 9.24. The second-order valence-corrected chi connectivity index (χ2v) is 7.44. The zero-order chi connectivity index (χ0) is 19.7. The molecule has 2 atom stereocenters. The number of hydrogen-bond acceptors (Lipinski definition) is 4. The molecule has 3 heterocycles. The molecule has 0 amide bonds. The molecule has 1 fully saturated rings. The Kier molecular flexibility index (Phi) is 4.78. The van der Waals surface area contributed by atoms with E-state index in [2.05, 4.69) is 24.8 Å².